The van der Waals surface area contributed by atoms with E-state index < -0.39 is 0 Å². The molecule has 0 aliphatic carbocycles. The molecule has 4 N–H and O–H groups in total. The van der Waals surface area contributed by atoms with Crippen molar-refractivity contribution in [3.05, 3.63) is 60.9 Å². The molecule has 0 bridgehead atoms. The van der Waals surface area contributed by atoms with Gasteiger partial charge in [0.2, 0.25) is 5.95 Å². The minimum absolute atomic E-state index is 0.101. The quantitative estimate of drug-likeness (QED) is 0.370. The number of nitrogens with one attached hydrogen (secondary N) is 4. The average Bonchev–Trinajstić information content (AvgIpc) is 3.13. The van der Waals surface area contributed by atoms with Gasteiger partial charge in [-0.25, -0.2) is 4.98 Å². The summed E-state index contributed by atoms with van der Waals surface area (Å²) in [6.45, 7) is 0. The second-order valence-corrected chi connectivity index (χ2v) is 7.45. The lowest BCUT2D eigenvalue weighted by molar-refractivity contribution is 1.12. The molecule has 0 amide bonds. The molecular formula is C19H19N7S. The topological polar surface area (TPSA) is 90.6 Å². The molecule has 0 saturated carbocycles. The van der Waals surface area contributed by atoms with Crippen LogP contribution < -0.4 is 15.4 Å². The van der Waals surface area contributed by atoms with E-state index in [1.807, 2.05) is 54.8 Å². The smallest absolute Gasteiger partial charge is 0.229 e. The summed E-state index contributed by atoms with van der Waals surface area (Å²) in [7, 11) is -0.101. The zero-order valence-electron chi connectivity index (χ0n) is 14.7. The van der Waals surface area contributed by atoms with Gasteiger partial charge in [0, 0.05) is 23.0 Å². The highest BCUT2D eigenvalue weighted by Crippen LogP contribution is 2.25. The molecule has 7 nitrogen and oxygen atoms in total. The lowest BCUT2D eigenvalue weighted by Gasteiger charge is -2.10. The van der Waals surface area contributed by atoms with Crippen molar-refractivity contribution in [2.24, 2.45) is 0 Å². The highest BCUT2D eigenvalue weighted by Gasteiger charge is 2.05. The predicted octanol–water partition coefficient (Wildman–Crippen LogP) is 4.50. The SMILES string of the molecule is C=S(C)Nc1ccc(Nc2nccc(Nc3cccc4[nH]ncc34)n2)cc1. The summed E-state index contributed by atoms with van der Waals surface area (Å²) in [5.41, 5.74) is 3.85. The summed E-state index contributed by atoms with van der Waals surface area (Å²) in [5, 5.41) is 14.6. The van der Waals surface area contributed by atoms with Crippen molar-refractivity contribution in [2.75, 3.05) is 21.6 Å². The van der Waals surface area contributed by atoms with E-state index in [2.05, 4.69) is 41.4 Å². The zero-order valence-corrected chi connectivity index (χ0v) is 15.5. The third-order valence-electron chi connectivity index (χ3n) is 3.84. The van der Waals surface area contributed by atoms with E-state index in [-0.39, 0.29) is 10.7 Å². The van der Waals surface area contributed by atoms with Crippen LogP contribution in [0.25, 0.3) is 10.9 Å². The maximum Gasteiger partial charge on any atom is 0.229 e. The van der Waals surface area contributed by atoms with E-state index in [9.17, 15) is 0 Å². The molecule has 1 unspecified atom stereocenters. The van der Waals surface area contributed by atoms with Gasteiger partial charge >= 0.3 is 0 Å². The Morgan fingerprint density at radius 3 is 2.63 bits per heavy atom. The van der Waals surface area contributed by atoms with Crippen molar-refractivity contribution in [1.82, 2.24) is 20.2 Å². The van der Waals surface area contributed by atoms with Crippen LogP contribution in [0.5, 0.6) is 0 Å². The summed E-state index contributed by atoms with van der Waals surface area (Å²) >= 11 is 0. The minimum Gasteiger partial charge on any atom is -0.339 e. The number of H-pyrrole nitrogens is 1. The van der Waals surface area contributed by atoms with Crippen molar-refractivity contribution in [1.29, 1.82) is 0 Å². The van der Waals surface area contributed by atoms with Crippen molar-refractivity contribution in [3.63, 3.8) is 0 Å². The molecule has 0 aliphatic rings. The Hall–Kier alpha value is -3.39. The van der Waals surface area contributed by atoms with Crippen molar-refractivity contribution >= 4 is 56.3 Å². The minimum atomic E-state index is -0.101. The van der Waals surface area contributed by atoms with Gasteiger partial charge in [0.1, 0.15) is 5.82 Å². The van der Waals surface area contributed by atoms with Crippen LogP contribution in [0.15, 0.2) is 60.9 Å². The number of hydrogen-bond donors (Lipinski definition) is 4. The van der Waals surface area contributed by atoms with Gasteiger partial charge < -0.3 is 15.4 Å². The first-order valence-corrected chi connectivity index (χ1v) is 10.1. The molecule has 4 rings (SSSR count). The summed E-state index contributed by atoms with van der Waals surface area (Å²) in [6.07, 6.45) is 5.54. The number of anilines is 5. The molecule has 8 heteroatoms. The lowest BCUT2D eigenvalue weighted by atomic mass is 10.2. The molecule has 2 aromatic carbocycles. The second-order valence-electron chi connectivity index (χ2n) is 5.97. The van der Waals surface area contributed by atoms with E-state index in [1.165, 1.54) is 0 Å². The molecule has 27 heavy (non-hydrogen) atoms. The van der Waals surface area contributed by atoms with Crippen molar-refractivity contribution in [3.8, 4) is 0 Å². The molecule has 2 aromatic heterocycles. The molecule has 0 radical (unpaired) electrons. The first kappa shape index (κ1) is 17.0. The number of rotatable bonds is 6. The van der Waals surface area contributed by atoms with E-state index in [4.69, 9.17) is 0 Å². The number of aromatic amines is 1. The molecular weight excluding hydrogens is 358 g/mol. The van der Waals surface area contributed by atoms with E-state index in [0.717, 1.165) is 28.0 Å². The van der Waals surface area contributed by atoms with Crippen LogP contribution in [0.4, 0.5) is 28.8 Å². The Morgan fingerprint density at radius 1 is 1.00 bits per heavy atom. The highest BCUT2D eigenvalue weighted by molar-refractivity contribution is 8.14. The normalized spacial score (nSPS) is 11.9. The Balaban J connectivity index is 1.51. The molecule has 0 fully saturated rings. The Labute approximate surface area is 159 Å². The summed E-state index contributed by atoms with van der Waals surface area (Å²) in [5.74, 6) is 5.17. The molecule has 4 aromatic rings. The number of fused-ring (bicyclic) bond motifs is 1. The van der Waals surface area contributed by atoms with E-state index in [0.29, 0.717) is 11.8 Å². The zero-order chi connectivity index (χ0) is 18.6. The van der Waals surface area contributed by atoms with Crippen LogP contribution in [0, 0.1) is 0 Å². The van der Waals surface area contributed by atoms with E-state index in [1.54, 1.807) is 12.4 Å². The second kappa shape index (κ2) is 7.46. The largest absolute Gasteiger partial charge is 0.339 e. The Kier molecular flexibility index (Phi) is 4.71. The molecule has 0 aliphatic heterocycles. The summed E-state index contributed by atoms with van der Waals surface area (Å²) in [4.78, 5) is 8.83. The molecule has 136 valence electrons. The average molecular weight is 377 g/mol. The summed E-state index contributed by atoms with van der Waals surface area (Å²) < 4.78 is 3.28. The fourth-order valence-corrected chi connectivity index (χ4v) is 3.19. The van der Waals surface area contributed by atoms with Gasteiger partial charge in [-0.1, -0.05) is 11.9 Å². The molecule has 1 atom stereocenters. The molecule has 0 saturated heterocycles. The van der Waals surface area contributed by atoms with Crippen LogP contribution in [0.3, 0.4) is 0 Å². The third-order valence-corrected chi connectivity index (χ3v) is 4.42. The maximum atomic E-state index is 4.54. The van der Waals surface area contributed by atoms with Gasteiger partial charge in [-0.05, 0) is 48.7 Å². The van der Waals surface area contributed by atoms with Crippen molar-refractivity contribution < 1.29 is 0 Å². The van der Waals surface area contributed by atoms with Crippen LogP contribution in [-0.2, 0) is 0 Å². The number of aromatic nitrogens is 4. The Bertz CT molecular complexity index is 1090. The van der Waals surface area contributed by atoms with Crippen LogP contribution in [0.1, 0.15) is 0 Å². The maximum absolute atomic E-state index is 4.54. The van der Waals surface area contributed by atoms with Crippen molar-refractivity contribution in [2.45, 2.75) is 0 Å². The van der Waals surface area contributed by atoms with Gasteiger partial charge in [-0.15, -0.1) is 10.7 Å². The first-order valence-electron chi connectivity index (χ1n) is 8.29. The fraction of sp³-hybridized carbons (Fsp3) is 0.0526. The van der Waals surface area contributed by atoms with Crippen LogP contribution in [0.2, 0.25) is 0 Å². The third kappa shape index (κ3) is 4.06. The van der Waals surface area contributed by atoms with Gasteiger partial charge in [-0.3, -0.25) is 5.10 Å². The predicted molar refractivity (Wildman–Crippen MR) is 115 cm³/mol. The van der Waals surface area contributed by atoms with Gasteiger partial charge in [0.05, 0.1) is 17.4 Å². The lowest BCUT2D eigenvalue weighted by Crippen LogP contribution is -2.00. The van der Waals surface area contributed by atoms with Gasteiger partial charge in [0.25, 0.3) is 0 Å². The van der Waals surface area contributed by atoms with Crippen LogP contribution in [-0.4, -0.2) is 32.3 Å². The van der Waals surface area contributed by atoms with Gasteiger partial charge in [0.15, 0.2) is 0 Å². The standard InChI is InChI=1S/C19H19N7S/c1-27(2)26-14-8-6-13(7-9-14)22-19-20-11-10-18(24-19)23-16-4-3-5-17-15(16)12-21-25-17/h3-12,26H,1H2,2H3,(H,21,25)(H2,20,22,23,24). The number of hydrogen-bond acceptors (Lipinski definition) is 6. The number of nitrogens with zero attached hydrogens (tertiary/aromatic N) is 3. The fourth-order valence-electron chi connectivity index (χ4n) is 2.66. The van der Waals surface area contributed by atoms with Gasteiger partial charge in [-0.2, -0.15) is 10.1 Å². The number of benzene rings is 2. The first-order chi connectivity index (χ1) is 13.2. The molecule has 2 heterocycles. The monoisotopic (exact) mass is 377 g/mol. The van der Waals surface area contributed by atoms with Crippen LogP contribution >= 0.6 is 10.7 Å². The van der Waals surface area contributed by atoms with E-state index >= 15 is 0 Å². The molecule has 0 spiro atoms. The Morgan fingerprint density at radius 2 is 1.81 bits per heavy atom. The summed E-state index contributed by atoms with van der Waals surface area (Å²) in [6, 6.07) is 15.7. The highest BCUT2D eigenvalue weighted by atomic mass is 32.2.